The first kappa shape index (κ1) is 20.7. The molecule has 2 amide bonds. The molecule has 0 radical (unpaired) electrons. The Kier molecular flexibility index (Phi) is 6.55. The number of amides is 2. The Labute approximate surface area is 182 Å². The number of rotatable bonds is 6. The van der Waals surface area contributed by atoms with Crippen LogP contribution >= 0.6 is 11.6 Å². The fourth-order valence-corrected chi connectivity index (χ4v) is 4.23. The third-order valence-corrected chi connectivity index (χ3v) is 6.11. The van der Waals surface area contributed by atoms with E-state index in [9.17, 15) is 9.59 Å². The molecule has 2 aromatic carbocycles. The van der Waals surface area contributed by atoms with Crippen molar-refractivity contribution in [1.82, 2.24) is 10.2 Å². The van der Waals surface area contributed by atoms with Crippen LogP contribution in [0.2, 0.25) is 5.02 Å². The Morgan fingerprint density at radius 3 is 2.37 bits per heavy atom. The van der Waals surface area contributed by atoms with Crippen molar-refractivity contribution < 1.29 is 9.59 Å². The van der Waals surface area contributed by atoms with Crippen LogP contribution in [0.1, 0.15) is 6.42 Å². The van der Waals surface area contributed by atoms with Crippen LogP contribution in [0.5, 0.6) is 0 Å². The maximum absolute atomic E-state index is 12.5. The summed E-state index contributed by atoms with van der Waals surface area (Å²) in [5, 5.41) is 3.78. The van der Waals surface area contributed by atoms with Crippen LogP contribution in [0.25, 0.3) is 0 Å². The van der Waals surface area contributed by atoms with Gasteiger partial charge in [-0.25, -0.2) is 0 Å². The number of benzene rings is 2. The standard InChI is InChI=1S/C23H27ClN4O2/c24-19-6-8-20(9-7-19)27-14-12-26(13-15-27)11-10-25-23(30)18-16-22(29)28(17-18)21-4-2-1-3-5-21/h1-9,18H,10-17H2,(H,25,30)/t18-/m1/s1. The quantitative estimate of drug-likeness (QED) is 0.771. The first-order chi connectivity index (χ1) is 14.6. The molecule has 4 rings (SSSR count). The summed E-state index contributed by atoms with van der Waals surface area (Å²) >= 11 is 5.97. The Balaban J connectivity index is 1.18. The Bertz CT molecular complexity index is 867. The van der Waals surface area contributed by atoms with Crippen molar-refractivity contribution in [1.29, 1.82) is 0 Å². The molecule has 6 nitrogen and oxygen atoms in total. The van der Waals surface area contributed by atoms with Crippen LogP contribution in [0.15, 0.2) is 54.6 Å². The van der Waals surface area contributed by atoms with E-state index in [0.29, 0.717) is 13.1 Å². The summed E-state index contributed by atoms with van der Waals surface area (Å²) in [5.41, 5.74) is 2.05. The molecule has 158 valence electrons. The minimum Gasteiger partial charge on any atom is -0.369 e. The summed E-state index contributed by atoms with van der Waals surface area (Å²) < 4.78 is 0. The van der Waals surface area contributed by atoms with E-state index in [-0.39, 0.29) is 24.2 Å². The molecule has 7 heteroatoms. The van der Waals surface area contributed by atoms with Gasteiger partial charge in [0.1, 0.15) is 0 Å². The minimum atomic E-state index is -0.278. The fourth-order valence-electron chi connectivity index (χ4n) is 4.10. The Hall–Kier alpha value is -2.57. The zero-order chi connectivity index (χ0) is 20.9. The fraction of sp³-hybridized carbons (Fsp3) is 0.391. The van der Waals surface area contributed by atoms with Gasteiger partial charge in [0.05, 0.1) is 5.92 Å². The molecule has 0 spiro atoms. The zero-order valence-corrected chi connectivity index (χ0v) is 17.7. The SMILES string of the molecule is O=C(NCCN1CCN(c2ccc(Cl)cc2)CC1)[C@@H]1CC(=O)N(c2ccccc2)C1. The Morgan fingerprint density at radius 1 is 0.967 bits per heavy atom. The summed E-state index contributed by atoms with van der Waals surface area (Å²) in [7, 11) is 0. The topological polar surface area (TPSA) is 55.9 Å². The lowest BCUT2D eigenvalue weighted by Crippen LogP contribution is -2.48. The number of hydrogen-bond donors (Lipinski definition) is 1. The van der Waals surface area contributed by atoms with Crippen molar-refractivity contribution in [3.8, 4) is 0 Å². The van der Waals surface area contributed by atoms with Crippen molar-refractivity contribution in [3.05, 3.63) is 59.6 Å². The van der Waals surface area contributed by atoms with E-state index in [2.05, 4.69) is 27.2 Å². The largest absolute Gasteiger partial charge is 0.369 e. The average Bonchev–Trinajstić information content (AvgIpc) is 3.17. The number of piperazine rings is 1. The van der Waals surface area contributed by atoms with Crippen LogP contribution in [0.4, 0.5) is 11.4 Å². The third-order valence-electron chi connectivity index (χ3n) is 5.86. The lowest BCUT2D eigenvalue weighted by Gasteiger charge is -2.36. The van der Waals surface area contributed by atoms with E-state index in [4.69, 9.17) is 11.6 Å². The number of anilines is 2. The van der Waals surface area contributed by atoms with Gasteiger partial charge in [-0.2, -0.15) is 0 Å². The zero-order valence-electron chi connectivity index (χ0n) is 17.0. The lowest BCUT2D eigenvalue weighted by atomic mass is 10.1. The monoisotopic (exact) mass is 426 g/mol. The van der Waals surface area contributed by atoms with E-state index in [0.717, 1.165) is 43.4 Å². The van der Waals surface area contributed by atoms with Crippen molar-refractivity contribution in [2.24, 2.45) is 5.92 Å². The van der Waals surface area contributed by atoms with Gasteiger partial charge in [0, 0.05) is 68.6 Å². The number of halogens is 1. The highest BCUT2D eigenvalue weighted by molar-refractivity contribution is 6.30. The molecular weight excluding hydrogens is 400 g/mol. The molecule has 2 aliphatic rings. The summed E-state index contributed by atoms with van der Waals surface area (Å²) in [6, 6.07) is 17.5. The molecule has 0 aliphatic carbocycles. The minimum absolute atomic E-state index is 0.0136. The van der Waals surface area contributed by atoms with Gasteiger partial charge < -0.3 is 15.1 Å². The molecule has 2 aliphatic heterocycles. The molecule has 0 saturated carbocycles. The van der Waals surface area contributed by atoms with Gasteiger partial charge in [-0.15, -0.1) is 0 Å². The van der Waals surface area contributed by atoms with Crippen LogP contribution in [0.3, 0.4) is 0 Å². The van der Waals surface area contributed by atoms with Gasteiger partial charge in [0.2, 0.25) is 11.8 Å². The normalized spacial score (nSPS) is 19.9. The molecule has 0 aromatic heterocycles. The van der Waals surface area contributed by atoms with Crippen LogP contribution in [0, 0.1) is 5.92 Å². The summed E-state index contributed by atoms with van der Waals surface area (Å²) in [6.07, 6.45) is 0.278. The van der Waals surface area contributed by atoms with Gasteiger partial charge in [0.25, 0.3) is 0 Å². The molecule has 2 aromatic rings. The van der Waals surface area contributed by atoms with E-state index < -0.39 is 0 Å². The third kappa shape index (κ3) is 4.94. The first-order valence-electron chi connectivity index (χ1n) is 10.5. The highest BCUT2D eigenvalue weighted by atomic mass is 35.5. The van der Waals surface area contributed by atoms with Crippen molar-refractivity contribution >= 4 is 34.8 Å². The molecule has 30 heavy (non-hydrogen) atoms. The van der Waals surface area contributed by atoms with Gasteiger partial charge in [0.15, 0.2) is 0 Å². The second-order valence-electron chi connectivity index (χ2n) is 7.84. The molecular formula is C23H27ClN4O2. The van der Waals surface area contributed by atoms with E-state index in [1.54, 1.807) is 4.90 Å². The summed E-state index contributed by atoms with van der Waals surface area (Å²) in [5.74, 6) is -0.291. The number of nitrogens with zero attached hydrogens (tertiary/aromatic N) is 3. The van der Waals surface area contributed by atoms with Crippen LogP contribution in [-0.2, 0) is 9.59 Å². The van der Waals surface area contributed by atoms with Gasteiger partial charge in [-0.05, 0) is 36.4 Å². The number of carbonyl (C=O) groups excluding carboxylic acids is 2. The average molecular weight is 427 g/mol. The highest BCUT2D eigenvalue weighted by Crippen LogP contribution is 2.25. The van der Waals surface area contributed by atoms with Crippen molar-refractivity contribution in [2.45, 2.75) is 6.42 Å². The van der Waals surface area contributed by atoms with Crippen LogP contribution in [-0.4, -0.2) is 62.5 Å². The van der Waals surface area contributed by atoms with E-state index in [1.807, 2.05) is 42.5 Å². The maximum atomic E-state index is 12.5. The molecule has 0 unspecified atom stereocenters. The number of nitrogens with one attached hydrogen (secondary N) is 1. The predicted molar refractivity (Wildman–Crippen MR) is 120 cm³/mol. The lowest BCUT2D eigenvalue weighted by molar-refractivity contribution is -0.126. The van der Waals surface area contributed by atoms with E-state index >= 15 is 0 Å². The van der Waals surface area contributed by atoms with Gasteiger partial charge in [-0.1, -0.05) is 29.8 Å². The second-order valence-corrected chi connectivity index (χ2v) is 8.27. The maximum Gasteiger partial charge on any atom is 0.227 e. The molecule has 1 atom stereocenters. The second kappa shape index (κ2) is 9.49. The predicted octanol–water partition coefficient (Wildman–Crippen LogP) is 2.63. The van der Waals surface area contributed by atoms with Crippen molar-refractivity contribution in [2.75, 3.05) is 55.6 Å². The van der Waals surface area contributed by atoms with Crippen LogP contribution < -0.4 is 15.1 Å². The number of hydrogen-bond acceptors (Lipinski definition) is 4. The Morgan fingerprint density at radius 2 is 1.67 bits per heavy atom. The number of para-hydroxylation sites is 1. The molecule has 2 heterocycles. The molecule has 2 saturated heterocycles. The van der Waals surface area contributed by atoms with Gasteiger partial charge >= 0.3 is 0 Å². The number of carbonyl (C=O) groups is 2. The van der Waals surface area contributed by atoms with Crippen molar-refractivity contribution in [3.63, 3.8) is 0 Å². The van der Waals surface area contributed by atoms with E-state index in [1.165, 1.54) is 5.69 Å². The summed E-state index contributed by atoms with van der Waals surface area (Å²) in [6.45, 7) is 5.72. The smallest absolute Gasteiger partial charge is 0.227 e. The molecule has 1 N–H and O–H groups in total. The first-order valence-corrected chi connectivity index (χ1v) is 10.8. The summed E-state index contributed by atoms with van der Waals surface area (Å²) in [4.78, 5) is 31.3. The molecule has 0 bridgehead atoms. The van der Waals surface area contributed by atoms with Gasteiger partial charge in [-0.3, -0.25) is 14.5 Å². The highest BCUT2D eigenvalue weighted by Gasteiger charge is 2.34. The molecule has 2 fully saturated rings.